The lowest BCUT2D eigenvalue weighted by molar-refractivity contribution is -0.132. The summed E-state index contributed by atoms with van der Waals surface area (Å²) in [5.41, 5.74) is 0. The van der Waals surface area contributed by atoms with Crippen LogP contribution in [0.3, 0.4) is 0 Å². The highest BCUT2D eigenvalue weighted by Crippen LogP contribution is 2.16. The molecular formula is C14H23N5O2. The fraction of sp³-hybridized carbons (Fsp3) is 0.714. The van der Waals surface area contributed by atoms with Gasteiger partial charge in [-0.05, 0) is 19.5 Å². The molecule has 116 valence electrons. The standard InChI is InChI=1S/C14H23N5O2/c1-2-18-7-8-21-12(10-18)14(20)16-13-4-6-19(17-13)11-3-5-15-9-11/h4,6,11-12,15H,2-3,5,7-10H2,1H3,(H,16,17,20)/t11-,12+/m1/s1. The van der Waals surface area contributed by atoms with Gasteiger partial charge in [0.25, 0.3) is 5.91 Å². The number of nitrogens with one attached hydrogen (secondary N) is 2. The lowest BCUT2D eigenvalue weighted by Crippen LogP contribution is -2.47. The van der Waals surface area contributed by atoms with Gasteiger partial charge in [-0.15, -0.1) is 0 Å². The SMILES string of the molecule is CCN1CCO[C@H](C(=O)Nc2ccn([C@@H]3CCNC3)n2)C1. The molecule has 2 aliphatic heterocycles. The van der Waals surface area contributed by atoms with Crippen LogP contribution >= 0.6 is 0 Å². The van der Waals surface area contributed by atoms with Crippen molar-refractivity contribution in [2.45, 2.75) is 25.5 Å². The van der Waals surface area contributed by atoms with Crippen molar-refractivity contribution in [1.82, 2.24) is 20.0 Å². The molecule has 0 saturated carbocycles. The number of amides is 1. The molecule has 3 heterocycles. The number of morpholine rings is 1. The molecule has 7 heteroatoms. The van der Waals surface area contributed by atoms with E-state index in [1.54, 1.807) is 0 Å². The molecule has 2 N–H and O–H groups in total. The lowest BCUT2D eigenvalue weighted by Gasteiger charge is -2.30. The highest BCUT2D eigenvalue weighted by Gasteiger charge is 2.26. The normalized spacial score (nSPS) is 26.9. The van der Waals surface area contributed by atoms with Gasteiger partial charge in [-0.3, -0.25) is 14.4 Å². The Labute approximate surface area is 124 Å². The predicted octanol–water partition coefficient (Wildman–Crippen LogP) is 0.0767. The van der Waals surface area contributed by atoms with Gasteiger partial charge in [-0.25, -0.2) is 0 Å². The topological polar surface area (TPSA) is 71.4 Å². The quantitative estimate of drug-likeness (QED) is 0.822. The summed E-state index contributed by atoms with van der Waals surface area (Å²) in [5.74, 6) is 0.493. The summed E-state index contributed by atoms with van der Waals surface area (Å²) in [6, 6.07) is 2.23. The molecule has 0 radical (unpaired) electrons. The van der Waals surface area contributed by atoms with E-state index in [0.29, 0.717) is 25.0 Å². The number of anilines is 1. The molecule has 0 aromatic carbocycles. The van der Waals surface area contributed by atoms with E-state index >= 15 is 0 Å². The summed E-state index contributed by atoms with van der Waals surface area (Å²) < 4.78 is 7.48. The van der Waals surface area contributed by atoms with Crippen molar-refractivity contribution in [2.75, 3.05) is 44.6 Å². The van der Waals surface area contributed by atoms with Gasteiger partial charge in [-0.1, -0.05) is 6.92 Å². The van der Waals surface area contributed by atoms with Gasteiger partial charge < -0.3 is 15.4 Å². The molecular weight excluding hydrogens is 270 g/mol. The number of hydrogen-bond acceptors (Lipinski definition) is 5. The summed E-state index contributed by atoms with van der Waals surface area (Å²) >= 11 is 0. The van der Waals surface area contributed by atoms with Crippen LogP contribution in [0.25, 0.3) is 0 Å². The maximum atomic E-state index is 12.2. The van der Waals surface area contributed by atoms with E-state index in [4.69, 9.17) is 4.74 Å². The van der Waals surface area contributed by atoms with E-state index in [1.807, 2.05) is 16.9 Å². The van der Waals surface area contributed by atoms with Crippen molar-refractivity contribution in [3.8, 4) is 0 Å². The third kappa shape index (κ3) is 3.42. The molecule has 1 amide bonds. The summed E-state index contributed by atoms with van der Waals surface area (Å²) in [4.78, 5) is 14.5. The summed E-state index contributed by atoms with van der Waals surface area (Å²) in [6.07, 6.45) is 2.59. The Hall–Kier alpha value is -1.44. The minimum atomic E-state index is -0.406. The minimum absolute atomic E-state index is 0.108. The van der Waals surface area contributed by atoms with Crippen LogP contribution in [-0.2, 0) is 9.53 Å². The third-order valence-electron chi connectivity index (χ3n) is 4.16. The van der Waals surface area contributed by atoms with Crippen molar-refractivity contribution >= 4 is 11.7 Å². The Balaban J connectivity index is 1.57. The average Bonchev–Trinajstić information content (AvgIpc) is 3.18. The number of nitrogens with zero attached hydrogens (tertiary/aromatic N) is 3. The van der Waals surface area contributed by atoms with Crippen molar-refractivity contribution < 1.29 is 9.53 Å². The molecule has 21 heavy (non-hydrogen) atoms. The van der Waals surface area contributed by atoms with Gasteiger partial charge in [0, 0.05) is 31.9 Å². The zero-order valence-electron chi connectivity index (χ0n) is 12.4. The molecule has 3 rings (SSSR count). The number of hydrogen-bond donors (Lipinski definition) is 2. The van der Waals surface area contributed by atoms with Crippen LogP contribution in [0.1, 0.15) is 19.4 Å². The largest absolute Gasteiger partial charge is 0.366 e. The summed E-state index contributed by atoms with van der Waals surface area (Å²) in [5, 5.41) is 10.6. The number of rotatable bonds is 4. The Bertz CT molecular complexity index is 483. The maximum Gasteiger partial charge on any atom is 0.256 e. The fourth-order valence-corrected chi connectivity index (χ4v) is 2.83. The zero-order valence-corrected chi connectivity index (χ0v) is 12.4. The molecule has 0 aliphatic carbocycles. The average molecular weight is 293 g/mol. The second kappa shape index (κ2) is 6.55. The first-order valence-electron chi connectivity index (χ1n) is 7.67. The van der Waals surface area contributed by atoms with Crippen LogP contribution in [0.15, 0.2) is 12.3 Å². The number of ether oxygens (including phenoxy) is 1. The van der Waals surface area contributed by atoms with E-state index in [1.165, 1.54) is 0 Å². The number of aromatic nitrogens is 2. The Kier molecular flexibility index (Phi) is 4.52. The van der Waals surface area contributed by atoms with Crippen LogP contribution in [0.5, 0.6) is 0 Å². The monoisotopic (exact) mass is 293 g/mol. The fourth-order valence-electron chi connectivity index (χ4n) is 2.83. The van der Waals surface area contributed by atoms with Gasteiger partial charge in [0.15, 0.2) is 5.82 Å². The van der Waals surface area contributed by atoms with E-state index in [2.05, 4.69) is 27.6 Å². The van der Waals surface area contributed by atoms with Crippen LogP contribution in [0.2, 0.25) is 0 Å². The molecule has 7 nitrogen and oxygen atoms in total. The lowest BCUT2D eigenvalue weighted by atomic mass is 10.2. The van der Waals surface area contributed by atoms with Crippen LogP contribution < -0.4 is 10.6 Å². The van der Waals surface area contributed by atoms with E-state index < -0.39 is 6.10 Å². The molecule has 2 fully saturated rings. The first kappa shape index (κ1) is 14.5. The highest BCUT2D eigenvalue weighted by atomic mass is 16.5. The Morgan fingerprint density at radius 3 is 3.29 bits per heavy atom. The van der Waals surface area contributed by atoms with Crippen molar-refractivity contribution in [3.05, 3.63) is 12.3 Å². The molecule has 2 aliphatic rings. The van der Waals surface area contributed by atoms with Gasteiger partial charge >= 0.3 is 0 Å². The first-order chi connectivity index (χ1) is 10.3. The minimum Gasteiger partial charge on any atom is -0.366 e. The van der Waals surface area contributed by atoms with Gasteiger partial charge in [-0.2, -0.15) is 5.10 Å². The van der Waals surface area contributed by atoms with E-state index in [9.17, 15) is 4.79 Å². The Morgan fingerprint density at radius 1 is 1.62 bits per heavy atom. The Morgan fingerprint density at radius 2 is 2.52 bits per heavy atom. The summed E-state index contributed by atoms with van der Waals surface area (Å²) in [7, 11) is 0. The van der Waals surface area contributed by atoms with Gasteiger partial charge in [0.1, 0.15) is 6.10 Å². The van der Waals surface area contributed by atoms with Crippen molar-refractivity contribution in [1.29, 1.82) is 0 Å². The molecule has 0 unspecified atom stereocenters. The van der Waals surface area contributed by atoms with E-state index in [-0.39, 0.29) is 5.91 Å². The second-order valence-electron chi connectivity index (χ2n) is 5.57. The predicted molar refractivity (Wildman–Crippen MR) is 79.2 cm³/mol. The van der Waals surface area contributed by atoms with Crippen molar-refractivity contribution in [2.24, 2.45) is 0 Å². The smallest absolute Gasteiger partial charge is 0.256 e. The highest BCUT2D eigenvalue weighted by molar-refractivity contribution is 5.93. The molecule has 2 saturated heterocycles. The van der Waals surface area contributed by atoms with Crippen molar-refractivity contribution in [3.63, 3.8) is 0 Å². The summed E-state index contributed by atoms with van der Waals surface area (Å²) in [6.45, 7) is 7.14. The molecule has 2 atom stereocenters. The number of carbonyl (C=O) groups is 1. The number of carbonyl (C=O) groups excluding carboxylic acids is 1. The first-order valence-corrected chi connectivity index (χ1v) is 7.67. The number of likely N-dealkylation sites (N-methyl/N-ethyl adjacent to an activating group) is 1. The molecule has 1 aromatic rings. The molecule has 0 spiro atoms. The molecule has 0 bridgehead atoms. The van der Waals surface area contributed by atoms with E-state index in [0.717, 1.165) is 32.6 Å². The van der Waals surface area contributed by atoms with Crippen LogP contribution in [0, 0.1) is 0 Å². The van der Waals surface area contributed by atoms with Crippen LogP contribution in [0.4, 0.5) is 5.82 Å². The zero-order chi connectivity index (χ0) is 14.7. The second-order valence-corrected chi connectivity index (χ2v) is 5.57. The van der Waals surface area contributed by atoms with Crippen LogP contribution in [-0.4, -0.2) is 66.0 Å². The van der Waals surface area contributed by atoms with Gasteiger partial charge in [0.2, 0.25) is 0 Å². The molecule has 1 aromatic heterocycles. The van der Waals surface area contributed by atoms with Gasteiger partial charge in [0.05, 0.1) is 12.6 Å². The third-order valence-corrected chi connectivity index (χ3v) is 4.16. The maximum absolute atomic E-state index is 12.2.